The Morgan fingerprint density at radius 3 is 1.70 bits per heavy atom. The Morgan fingerprint density at radius 1 is 0.485 bits per heavy atom. The summed E-state index contributed by atoms with van der Waals surface area (Å²) >= 11 is 0. The highest BCUT2D eigenvalue weighted by atomic mass is 16.6. The summed E-state index contributed by atoms with van der Waals surface area (Å²) in [6.45, 7) is 24.0. The van der Waals surface area contributed by atoms with Gasteiger partial charge in [-0.05, 0) is 139 Å². The smallest absolute Gasteiger partial charge is 0.419 e. The average molecular weight is 1820 g/mol. The number of aliphatic carboxylic acids is 1. The maximum Gasteiger partial charge on any atom is 0.419 e. The second-order valence-corrected chi connectivity index (χ2v) is 37.0. The van der Waals surface area contributed by atoms with Crippen LogP contribution in [0.2, 0.25) is 0 Å². The number of carbonyl (C=O) groups is 16. The molecule has 7 atom stereocenters. The van der Waals surface area contributed by atoms with Crippen LogP contribution in [0, 0.1) is 10.8 Å². The number of ether oxygens (including phenoxy) is 5. The van der Waals surface area contributed by atoms with Crippen molar-refractivity contribution in [2.24, 2.45) is 10.8 Å². The number of Topliss-reactive ketones (excluding diaryl/α,β-unsaturated/α-hetero) is 2. The molecule has 38 nitrogen and oxygen atoms in total. The first-order valence-electron chi connectivity index (χ1n) is 44.6. The van der Waals surface area contributed by atoms with Gasteiger partial charge in [-0.3, -0.25) is 71.8 Å². The number of alkyl carbamates (subject to hydrolysis) is 1. The summed E-state index contributed by atoms with van der Waals surface area (Å²) in [5.74, 6) is -9.70. The fraction of sp³-hybridized carbons (Fsp3) is 0.609. The lowest BCUT2D eigenvalue weighted by Crippen LogP contribution is -2.59. The number of aromatic nitrogens is 1. The third-order valence-corrected chi connectivity index (χ3v) is 20.6. The normalized spacial score (nSPS) is 15.1. The van der Waals surface area contributed by atoms with Crippen LogP contribution < -0.4 is 63.8 Å². The molecule has 4 aromatic rings. The molecule has 0 saturated carbocycles. The molecular weight excluding hydrogens is 1680 g/mol. The van der Waals surface area contributed by atoms with Crippen molar-refractivity contribution in [1.82, 2.24) is 83.1 Å². The van der Waals surface area contributed by atoms with Gasteiger partial charge in [-0.2, -0.15) is 0 Å². The van der Waals surface area contributed by atoms with E-state index in [1.54, 1.807) is 123 Å². The molecule has 2 saturated heterocycles. The lowest BCUT2D eigenvalue weighted by molar-refractivity contribution is -0.143. The fourth-order valence-corrected chi connectivity index (χ4v) is 14.4. The molecule has 1 aromatic heterocycles. The van der Waals surface area contributed by atoms with Crippen LogP contribution in [-0.4, -0.2) is 291 Å². The Balaban J connectivity index is 1.28. The van der Waals surface area contributed by atoms with Crippen molar-refractivity contribution in [3.05, 3.63) is 107 Å². The number of para-hydroxylation sites is 1. The lowest BCUT2D eigenvalue weighted by atomic mass is 9.88. The standard InChI is InChI=1S/C92H138N16O22/c1-15-42-126-43-34-68(101-83(120)70(102-82(119)69(93-14)47-60-24-17-16-18-25-60)48-61-30-32-62(33-31-61)53-96-77(113)59-128-46-45-127-44-36-95-87(124)129-91(8,9)10)81(118)103-71(49-63-57-108(88(125)130-92(11,12)13)73-28-20-19-26-66(63)73)79(116)98-55-76(112)100-67(27-21-22-35-94-86(123)106-40-38-105(39-41-106)58-65(110)52-90(5,6)7)80(117)104-72(50-64(109)51-89(2,3)4)85(122)107-37-23-29-74(107)84(121)99-54-75(111)97-56-78(114)115/h16-20,24-26,28,30-33,57,67-72,74,93H,15,21-23,27,29,34-56,58-59H2,1-14H3,(H,94,123)(H,95,124)(H,96,113)(H,97,111)(H,98,116)(H,99,121)(H,100,112)(H,101,120)(H,102,119)(H,103,118)(H,104,117)(H,114,115)/t67-,68-,69-,70-,71-,72-,74+/m0/s1. The van der Waals surface area contributed by atoms with Gasteiger partial charge in [-0.25, -0.2) is 14.4 Å². The molecule has 2 aliphatic heterocycles. The molecule has 0 spiro atoms. The molecule has 0 aliphatic carbocycles. The number of hydrogen-bond acceptors (Lipinski definition) is 23. The molecule has 0 radical (unpaired) electrons. The van der Waals surface area contributed by atoms with Crippen molar-refractivity contribution in [2.45, 2.75) is 234 Å². The van der Waals surface area contributed by atoms with Gasteiger partial charge in [0.2, 0.25) is 59.1 Å². The zero-order chi connectivity index (χ0) is 95.9. The Bertz CT molecular complexity index is 4450. The van der Waals surface area contributed by atoms with E-state index in [0.29, 0.717) is 73.0 Å². The maximum absolute atomic E-state index is 15.4. The number of ketones is 2. The van der Waals surface area contributed by atoms with Crippen LogP contribution in [0.4, 0.5) is 14.4 Å². The van der Waals surface area contributed by atoms with E-state index in [9.17, 15) is 57.5 Å². The van der Waals surface area contributed by atoms with E-state index in [1.807, 2.05) is 62.9 Å². The van der Waals surface area contributed by atoms with Gasteiger partial charge in [-0.15, -0.1) is 0 Å². The highest BCUT2D eigenvalue weighted by Gasteiger charge is 2.41. The number of carbonyl (C=O) groups excluding carboxylic acids is 15. The number of amides is 13. The van der Waals surface area contributed by atoms with Crippen molar-refractivity contribution >= 4 is 106 Å². The van der Waals surface area contributed by atoms with Gasteiger partial charge in [0.1, 0.15) is 72.2 Å². The minimum Gasteiger partial charge on any atom is -0.480 e. The number of likely N-dealkylation sites (N-methyl/N-ethyl adjacent to an activating group) is 1. The Labute approximate surface area is 761 Å². The number of carboxylic acids is 1. The minimum atomic E-state index is -1.65. The molecule has 3 aromatic carbocycles. The number of carboxylic acid groups (broad SMARTS) is 1. The van der Waals surface area contributed by atoms with E-state index in [1.165, 1.54) is 15.7 Å². The highest BCUT2D eigenvalue weighted by Crippen LogP contribution is 2.27. The molecule has 38 heteroatoms. The molecule has 13 N–H and O–H groups in total. The summed E-state index contributed by atoms with van der Waals surface area (Å²) in [4.78, 5) is 226. The van der Waals surface area contributed by atoms with Crippen molar-refractivity contribution < 1.29 is 106 Å². The second kappa shape index (κ2) is 53.0. The van der Waals surface area contributed by atoms with Gasteiger partial charge in [0.25, 0.3) is 0 Å². The first-order valence-corrected chi connectivity index (χ1v) is 44.6. The van der Waals surface area contributed by atoms with Crippen LogP contribution in [0.5, 0.6) is 0 Å². The fourth-order valence-electron chi connectivity index (χ4n) is 14.4. The van der Waals surface area contributed by atoms with Crippen molar-refractivity contribution in [2.75, 3.05) is 119 Å². The number of urea groups is 1. The average Bonchev–Trinajstić information content (AvgIpc) is 1.63. The van der Waals surface area contributed by atoms with Crippen LogP contribution in [0.1, 0.15) is 176 Å². The molecule has 13 amide bonds. The predicted molar refractivity (Wildman–Crippen MR) is 483 cm³/mol. The summed E-state index contributed by atoms with van der Waals surface area (Å²) in [5, 5.41) is 42.0. The molecule has 3 heterocycles. The Kier molecular flexibility index (Phi) is 43.7. The van der Waals surface area contributed by atoms with Crippen molar-refractivity contribution in [3.8, 4) is 0 Å². The summed E-state index contributed by atoms with van der Waals surface area (Å²) < 4.78 is 29.1. The largest absolute Gasteiger partial charge is 0.480 e. The second-order valence-electron chi connectivity index (χ2n) is 37.0. The van der Waals surface area contributed by atoms with Crippen LogP contribution in [0.3, 0.4) is 0 Å². The number of unbranched alkanes of at least 4 members (excludes halogenated alkanes) is 1. The van der Waals surface area contributed by atoms with Gasteiger partial charge in [0, 0.05) is 109 Å². The van der Waals surface area contributed by atoms with Crippen LogP contribution in [0.25, 0.3) is 10.9 Å². The summed E-state index contributed by atoms with van der Waals surface area (Å²) in [6, 6.07) is 12.7. The number of benzene rings is 3. The molecule has 2 fully saturated rings. The molecule has 0 bridgehead atoms. The zero-order valence-electron chi connectivity index (χ0n) is 77.9. The summed E-state index contributed by atoms with van der Waals surface area (Å²) in [7, 11) is 1.60. The predicted octanol–water partition coefficient (Wildman–Crippen LogP) is 3.78. The van der Waals surface area contributed by atoms with E-state index < -0.39 is 168 Å². The number of nitrogens with one attached hydrogen (secondary N) is 12. The number of hydrogen-bond donors (Lipinski definition) is 13. The summed E-state index contributed by atoms with van der Waals surface area (Å²) in [6.07, 6.45) is 0.647. The van der Waals surface area contributed by atoms with Crippen molar-refractivity contribution in [3.63, 3.8) is 0 Å². The third kappa shape index (κ3) is 40.3. The maximum atomic E-state index is 15.4. The zero-order valence-corrected chi connectivity index (χ0v) is 77.9. The van der Waals surface area contributed by atoms with E-state index in [-0.39, 0.29) is 147 Å². The Hall–Kier alpha value is -11.5. The van der Waals surface area contributed by atoms with Crippen LogP contribution in [-0.2, 0) is 112 Å². The molecule has 130 heavy (non-hydrogen) atoms. The quantitative estimate of drug-likeness (QED) is 0.0280. The van der Waals surface area contributed by atoms with E-state index >= 15 is 19.2 Å². The van der Waals surface area contributed by atoms with Crippen LogP contribution in [0.15, 0.2) is 85.1 Å². The number of likely N-dealkylation sites (tertiary alicyclic amines) is 1. The highest BCUT2D eigenvalue weighted by molar-refractivity contribution is 6.00. The van der Waals surface area contributed by atoms with E-state index in [4.69, 9.17) is 28.8 Å². The van der Waals surface area contributed by atoms with Gasteiger partial charge in [-0.1, -0.05) is 121 Å². The Morgan fingerprint density at radius 2 is 1.05 bits per heavy atom. The molecule has 718 valence electrons. The number of rotatable bonds is 51. The lowest BCUT2D eigenvalue weighted by Gasteiger charge is -2.34. The molecule has 6 rings (SSSR count). The topological polar surface area (TPSA) is 499 Å². The molecule has 0 unspecified atom stereocenters. The van der Waals surface area contributed by atoms with Gasteiger partial charge in [0.15, 0.2) is 0 Å². The van der Waals surface area contributed by atoms with Gasteiger partial charge < -0.3 is 102 Å². The first-order chi connectivity index (χ1) is 61.4. The van der Waals surface area contributed by atoms with Crippen LogP contribution >= 0.6 is 0 Å². The first kappa shape index (κ1) is 107. The number of piperazine rings is 1. The monoisotopic (exact) mass is 1820 g/mol. The van der Waals surface area contributed by atoms with Gasteiger partial charge >= 0.3 is 24.2 Å². The molecule has 2 aliphatic rings. The SMILES string of the molecule is CCCOCC[C@H](NC(=O)[C@H](Cc1ccc(CNC(=O)COCCOCCNC(=O)OC(C)(C)C)cc1)NC(=O)[C@H](Cc1ccccc1)NC)C(=O)N[C@@H](Cc1cn(C(=O)OC(C)(C)C)c2ccccc12)C(=O)NCC(=O)N[C@@H](CCCCNC(=O)N1CCN(CC(=O)CC(C)(C)C)CC1)C(=O)N[C@@H](CC(=O)CC(C)(C)C)C(=O)N1CCC[C@@H]1C(=O)NCC(=O)NCC(=O)O. The molecular formula is C92H138N16O22. The third-order valence-electron chi connectivity index (χ3n) is 20.6. The van der Waals surface area contributed by atoms with Crippen molar-refractivity contribution in [1.29, 1.82) is 0 Å². The van der Waals surface area contributed by atoms with E-state index in [0.717, 1.165) is 5.56 Å². The van der Waals surface area contributed by atoms with E-state index in [2.05, 4.69) is 63.8 Å². The van der Waals surface area contributed by atoms with Gasteiger partial charge in [0.05, 0.1) is 51.0 Å². The number of fused-ring (bicyclic) bond motifs is 1. The minimum absolute atomic E-state index is 0.00721. The number of nitrogens with zero attached hydrogens (tertiary/aromatic N) is 4. The summed E-state index contributed by atoms with van der Waals surface area (Å²) in [5.41, 5.74) is 0.356.